The van der Waals surface area contributed by atoms with Crippen LogP contribution in [0.3, 0.4) is 0 Å². The van der Waals surface area contributed by atoms with E-state index in [-0.39, 0.29) is 70.7 Å². The van der Waals surface area contributed by atoms with Gasteiger partial charge in [-0.1, -0.05) is 18.5 Å². The first-order valence-electron chi connectivity index (χ1n) is 12.9. The minimum absolute atomic E-state index is 0.000419. The zero-order valence-electron chi connectivity index (χ0n) is 23.3. The van der Waals surface area contributed by atoms with Crippen molar-refractivity contribution in [3.63, 3.8) is 0 Å². The van der Waals surface area contributed by atoms with E-state index in [9.17, 15) is 19.2 Å². The number of ketones is 1. The lowest BCUT2D eigenvalue weighted by molar-refractivity contribution is -0.120. The molecular formula is C29H26Cl2N4O8. The second-order valence-electron chi connectivity index (χ2n) is 8.92. The molecule has 0 saturated carbocycles. The summed E-state index contributed by atoms with van der Waals surface area (Å²) in [5, 5.41) is 3.94. The fourth-order valence-electron chi connectivity index (χ4n) is 4.03. The van der Waals surface area contributed by atoms with Gasteiger partial charge in [-0.3, -0.25) is 9.59 Å². The Morgan fingerprint density at radius 2 is 1.70 bits per heavy atom. The molecule has 0 aliphatic carbocycles. The van der Waals surface area contributed by atoms with Gasteiger partial charge in [-0.2, -0.15) is 4.98 Å². The lowest BCUT2D eigenvalue weighted by Gasteiger charge is -2.16. The van der Waals surface area contributed by atoms with Crippen LogP contribution in [0.15, 0.2) is 53.5 Å². The largest absolute Gasteiger partial charge is 0.492 e. The van der Waals surface area contributed by atoms with Crippen LogP contribution in [-0.2, 0) is 20.8 Å². The van der Waals surface area contributed by atoms with Crippen molar-refractivity contribution in [2.24, 2.45) is 0 Å². The number of hydrogen-bond donors (Lipinski definition) is 1. The summed E-state index contributed by atoms with van der Waals surface area (Å²) in [7, 11) is 2.39. The van der Waals surface area contributed by atoms with Crippen molar-refractivity contribution in [3.8, 4) is 11.5 Å². The van der Waals surface area contributed by atoms with Crippen molar-refractivity contribution in [2.45, 2.75) is 19.9 Å². The third-order valence-corrected chi connectivity index (χ3v) is 6.67. The average Bonchev–Trinajstić information content (AvgIpc) is 3.01. The van der Waals surface area contributed by atoms with Crippen LogP contribution in [0.1, 0.15) is 34.1 Å². The van der Waals surface area contributed by atoms with E-state index in [4.69, 9.17) is 42.1 Å². The van der Waals surface area contributed by atoms with Gasteiger partial charge < -0.3 is 28.8 Å². The number of halogens is 2. The number of esters is 2. The first-order valence-corrected chi connectivity index (χ1v) is 13.6. The highest BCUT2D eigenvalue weighted by molar-refractivity contribution is 6.33. The smallest absolute Gasteiger partial charge is 0.338 e. The summed E-state index contributed by atoms with van der Waals surface area (Å²) in [4.78, 5) is 57.6. The molecule has 43 heavy (non-hydrogen) atoms. The predicted octanol–water partition coefficient (Wildman–Crippen LogP) is 4.85. The number of hydrogen-bond acceptors (Lipinski definition) is 11. The molecule has 2 heterocycles. The second-order valence-corrected chi connectivity index (χ2v) is 9.66. The number of methoxy groups -OCH3 is 2. The van der Waals surface area contributed by atoms with Crippen molar-refractivity contribution in [3.05, 3.63) is 80.4 Å². The summed E-state index contributed by atoms with van der Waals surface area (Å²) in [5.74, 6) is -1.09. The molecule has 2 aromatic carbocycles. The van der Waals surface area contributed by atoms with Gasteiger partial charge in [-0.05, 0) is 54.1 Å². The Kier molecular flexibility index (Phi) is 10.2. The number of nitrogens with one attached hydrogen (secondary N) is 1. The molecule has 224 valence electrons. The molecular weight excluding hydrogens is 603 g/mol. The molecule has 0 atom stereocenters. The van der Waals surface area contributed by atoms with Gasteiger partial charge >= 0.3 is 11.9 Å². The van der Waals surface area contributed by atoms with Crippen LogP contribution in [-0.4, -0.2) is 59.7 Å². The normalized spacial score (nSPS) is 10.7. The third kappa shape index (κ3) is 7.40. The van der Waals surface area contributed by atoms with Crippen LogP contribution in [0.4, 0.5) is 11.5 Å². The van der Waals surface area contributed by atoms with E-state index in [1.165, 1.54) is 43.2 Å². The molecule has 0 unspecified atom stereocenters. The summed E-state index contributed by atoms with van der Waals surface area (Å²) in [6, 6.07) is 11.0. The highest BCUT2D eigenvalue weighted by Gasteiger charge is 2.20. The van der Waals surface area contributed by atoms with Crippen LogP contribution >= 0.6 is 23.2 Å². The topological polar surface area (TPSA) is 148 Å². The van der Waals surface area contributed by atoms with Crippen molar-refractivity contribution in [2.75, 3.05) is 32.8 Å². The van der Waals surface area contributed by atoms with E-state index in [2.05, 4.69) is 15.3 Å². The maximum atomic E-state index is 13.4. The average molecular weight is 629 g/mol. The summed E-state index contributed by atoms with van der Waals surface area (Å²) in [5.41, 5.74) is 0.655. The SMILES string of the molecule is CCC(=O)COc1cc2cc(Nc3nc(Cl)ncc3Cl)ccc2n(CCOc2ccc(C(=O)OC)c(C(=O)OC)c2)c1=O. The molecule has 0 bridgehead atoms. The van der Waals surface area contributed by atoms with Gasteiger partial charge in [0.1, 0.15) is 24.0 Å². The Labute approximate surface area is 255 Å². The van der Waals surface area contributed by atoms with Crippen LogP contribution in [0.2, 0.25) is 10.3 Å². The molecule has 4 aromatic rings. The van der Waals surface area contributed by atoms with Gasteiger partial charge in [0.2, 0.25) is 5.28 Å². The van der Waals surface area contributed by atoms with Crippen molar-refractivity contribution < 1.29 is 33.3 Å². The number of rotatable bonds is 12. The number of benzene rings is 2. The summed E-state index contributed by atoms with van der Waals surface area (Å²) >= 11 is 12.1. The van der Waals surface area contributed by atoms with Gasteiger partial charge in [0.15, 0.2) is 17.4 Å². The van der Waals surface area contributed by atoms with Gasteiger partial charge in [0, 0.05) is 17.5 Å². The van der Waals surface area contributed by atoms with Crippen LogP contribution in [0.25, 0.3) is 10.9 Å². The fraction of sp³-hybridized carbons (Fsp3) is 0.241. The molecule has 0 amide bonds. The highest BCUT2D eigenvalue weighted by Crippen LogP contribution is 2.27. The van der Waals surface area contributed by atoms with Gasteiger partial charge in [-0.15, -0.1) is 0 Å². The number of ether oxygens (including phenoxy) is 4. The van der Waals surface area contributed by atoms with E-state index in [0.29, 0.717) is 16.6 Å². The second kappa shape index (κ2) is 14.0. The summed E-state index contributed by atoms with van der Waals surface area (Å²) in [6.07, 6.45) is 1.63. The predicted molar refractivity (Wildman–Crippen MR) is 159 cm³/mol. The van der Waals surface area contributed by atoms with Crippen LogP contribution in [0, 0.1) is 0 Å². The summed E-state index contributed by atoms with van der Waals surface area (Å²) in [6.45, 7) is 1.51. The molecule has 14 heteroatoms. The Morgan fingerprint density at radius 1 is 0.953 bits per heavy atom. The first-order chi connectivity index (χ1) is 20.6. The first kappa shape index (κ1) is 31.3. The number of anilines is 2. The number of nitrogens with zero attached hydrogens (tertiary/aromatic N) is 3. The van der Waals surface area contributed by atoms with Crippen LogP contribution in [0.5, 0.6) is 11.5 Å². The molecule has 0 radical (unpaired) electrons. The highest BCUT2D eigenvalue weighted by atomic mass is 35.5. The van der Waals surface area contributed by atoms with E-state index in [1.807, 2.05) is 0 Å². The number of carbonyl (C=O) groups excluding carboxylic acids is 3. The molecule has 0 aliphatic heterocycles. The maximum Gasteiger partial charge on any atom is 0.338 e. The van der Waals surface area contributed by atoms with Crippen molar-refractivity contribution in [1.29, 1.82) is 0 Å². The number of pyridine rings is 1. The third-order valence-electron chi connectivity index (χ3n) is 6.21. The zero-order valence-corrected chi connectivity index (χ0v) is 24.8. The van der Waals surface area contributed by atoms with Gasteiger partial charge in [-0.25, -0.2) is 14.6 Å². The van der Waals surface area contributed by atoms with Crippen LogP contribution < -0.4 is 20.3 Å². The molecule has 4 rings (SSSR count). The lowest BCUT2D eigenvalue weighted by atomic mass is 10.1. The standard InChI is InChI=1S/C29H26Cl2N4O8/c1-4-18(36)15-43-24-12-16-11-17(33-25-22(30)14-32-29(31)34-25)5-8-23(16)35(26(24)37)9-10-42-19-6-7-20(27(38)40-2)21(13-19)28(39)41-3/h5-8,11-14H,4,9-10,15H2,1-3H3,(H,32,33,34). The number of aromatic nitrogens is 3. The Balaban J connectivity index is 1.65. The minimum Gasteiger partial charge on any atom is -0.492 e. The molecule has 1 N–H and O–H groups in total. The molecule has 2 aromatic heterocycles. The van der Waals surface area contributed by atoms with E-state index in [1.54, 1.807) is 31.2 Å². The van der Waals surface area contributed by atoms with Gasteiger partial charge in [0.25, 0.3) is 5.56 Å². The Bertz CT molecular complexity index is 1760. The molecule has 0 saturated heterocycles. The number of fused-ring (bicyclic) bond motifs is 1. The van der Waals surface area contributed by atoms with Crippen molar-refractivity contribution in [1.82, 2.24) is 14.5 Å². The number of carbonyl (C=O) groups is 3. The molecule has 0 fully saturated rings. The summed E-state index contributed by atoms with van der Waals surface area (Å²) < 4.78 is 22.4. The van der Waals surface area contributed by atoms with E-state index >= 15 is 0 Å². The molecule has 0 aliphatic rings. The van der Waals surface area contributed by atoms with Gasteiger partial charge in [0.05, 0.1) is 43.6 Å². The molecule has 0 spiro atoms. The lowest BCUT2D eigenvalue weighted by Crippen LogP contribution is -2.26. The Morgan fingerprint density at radius 3 is 2.42 bits per heavy atom. The quantitative estimate of drug-likeness (QED) is 0.169. The van der Waals surface area contributed by atoms with Crippen molar-refractivity contribution >= 4 is 63.3 Å². The minimum atomic E-state index is -0.741. The monoisotopic (exact) mass is 628 g/mol. The zero-order chi connectivity index (χ0) is 31.1. The van der Waals surface area contributed by atoms with E-state index < -0.39 is 17.5 Å². The number of Topliss-reactive ketones (excluding diaryl/α,β-unsaturated/α-hetero) is 1. The van der Waals surface area contributed by atoms with E-state index in [0.717, 1.165) is 0 Å². The molecule has 12 nitrogen and oxygen atoms in total. The maximum absolute atomic E-state index is 13.4. The Hall–Kier alpha value is -4.68. The fourth-order valence-corrected chi connectivity index (χ4v) is 4.30.